The van der Waals surface area contributed by atoms with Crippen molar-refractivity contribution in [2.45, 2.75) is 25.9 Å². The van der Waals surface area contributed by atoms with Gasteiger partial charge in [0.15, 0.2) is 0 Å². The molecule has 1 aliphatic heterocycles. The summed E-state index contributed by atoms with van der Waals surface area (Å²) in [7, 11) is 0. The Bertz CT molecular complexity index is 378. The Labute approximate surface area is 106 Å². The molecule has 18 heavy (non-hydrogen) atoms. The number of rotatable bonds is 5. The van der Waals surface area contributed by atoms with Crippen molar-refractivity contribution >= 4 is 0 Å². The minimum atomic E-state index is -0.551. The van der Waals surface area contributed by atoms with E-state index in [4.69, 9.17) is 4.74 Å². The third-order valence-electron chi connectivity index (χ3n) is 3.34. The fraction of sp³-hybridized carbons (Fsp3) is 0.571. The molecular formula is C14H19F2NO. The van der Waals surface area contributed by atoms with E-state index in [0.29, 0.717) is 18.1 Å². The molecule has 100 valence electrons. The monoisotopic (exact) mass is 255 g/mol. The lowest BCUT2D eigenvalue weighted by Gasteiger charge is -2.22. The van der Waals surface area contributed by atoms with Crippen LogP contribution in [0.3, 0.4) is 0 Å². The first kappa shape index (κ1) is 13.4. The molecule has 0 aromatic heterocycles. The van der Waals surface area contributed by atoms with Gasteiger partial charge >= 0.3 is 0 Å². The average molecular weight is 255 g/mol. The van der Waals surface area contributed by atoms with E-state index in [1.165, 1.54) is 25.0 Å². The smallest absolute Gasteiger partial charge is 0.131 e. The number of ether oxygens (including phenoxy) is 1. The molecule has 2 nitrogen and oxygen atoms in total. The number of piperidine rings is 1. The minimum absolute atomic E-state index is 0.215. The van der Waals surface area contributed by atoms with E-state index in [2.05, 4.69) is 5.32 Å². The number of halogens is 2. The fourth-order valence-corrected chi connectivity index (χ4v) is 2.24. The van der Waals surface area contributed by atoms with Crippen molar-refractivity contribution in [2.75, 3.05) is 19.7 Å². The lowest BCUT2D eigenvalue weighted by Crippen LogP contribution is -2.30. The summed E-state index contributed by atoms with van der Waals surface area (Å²) in [5, 5.41) is 3.35. The maximum Gasteiger partial charge on any atom is 0.131 e. The molecule has 4 heteroatoms. The normalized spacial score (nSPS) is 20.0. The Kier molecular flexibility index (Phi) is 5.08. The summed E-state index contributed by atoms with van der Waals surface area (Å²) in [6, 6.07) is 3.59. The highest BCUT2D eigenvalue weighted by Gasteiger charge is 2.12. The van der Waals surface area contributed by atoms with Crippen LogP contribution in [0.15, 0.2) is 18.2 Å². The lowest BCUT2D eigenvalue weighted by atomic mass is 9.97. The van der Waals surface area contributed by atoms with Gasteiger partial charge in [0.05, 0.1) is 6.61 Å². The van der Waals surface area contributed by atoms with Crippen LogP contribution in [0.5, 0.6) is 0 Å². The number of hydrogen-bond donors (Lipinski definition) is 1. The van der Waals surface area contributed by atoms with Gasteiger partial charge in [0.2, 0.25) is 0 Å². The van der Waals surface area contributed by atoms with Gasteiger partial charge in [0, 0.05) is 18.2 Å². The molecule has 0 bridgehead atoms. The van der Waals surface area contributed by atoms with Gasteiger partial charge in [0.1, 0.15) is 11.6 Å². The highest BCUT2D eigenvalue weighted by Crippen LogP contribution is 2.15. The molecule has 0 saturated carbocycles. The molecule has 0 radical (unpaired) electrons. The molecule has 0 aliphatic carbocycles. The molecule has 1 saturated heterocycles. The molecule has 2 rings (SSSR count). The minimum Gasteiger partial charge on any atom is -0.377 e. The van der Waals surface area contributed by atoms with Crippen LogP contribution in [0, 0.1) is 17.6 Å². The van der Waals surface area contributed by atoms with Gasteiger partial charge in [-0.05, 0) is 44.3 Å². The van der Waals surface area contributed by atoms with Crippen LogP contribution in [0.1, 0.15) is 24.8 Å². The molecule has 0 amide bonds. The van der Waals surface area contributed by atoms with Crippen LogP contribution in [0.4, 0.5) is 8.78 Å². The molecule has 1 aliphatic rings. The molecule has 1 aromatic carbocycles. The molecule has 0 spiro atoms. The van der Waals surface area contributed by atoms with Crippen LogP contribution in [-0.4, -0.2) is 19.7 Å². The first-order valence-electron chi connectivity index (χ1n) is 6.48. The third kappa shape index (κ3) is 4.03. The summed E-state index contributed by atoms with van der Waals surface area (Å²) in [4.78, 5) is 0. The number of nitrogens with one attached hydrogen (secondary N) is 1. The zero-order valence-electron chi connectivity index (χ0n) is 10.4. The summed E-state index contributed by atoms with van der Waals surface area (Å²) >= 11 is 0. The first-order valence-corrected chi connectivity index (χ1v) is 6.48. The summed E-state index contributed by atoms with van der Waals surface area (Å²) in [6.45, 7) is 3.00. The van der Waals surface area contributed by atoms with Gasteiger partial charge in [-0.25, -0.2) is 8.78 Å². The van der Waals surface area contributed by atoms with Gasteiger partial charge in [-0.15, -0.1) is 0 Å². The molecule has 1 unspecified atom stereocenters. The Hall–Kier alpha value is -1.00. The second kappa shape index (κ2) is 6.81. The second-order valence-electron chi connectivity index (χ2n) is 4.79. The van der Waals surface area contributed by atoms with Crippen LogP contribution in [0.25, 0.3) is 0 Å². The fourth-order valence-electron chi connectivity index (χ4n) is 2.24. The van der Waals surface area contributed by atoms with E-state index in [0.717, 1.165) is 25.6 Å². The van der Waals surface area contributed by atoms with Gasteiger partial charge < -0.3 is 10.1 Å². The van der Waals surface area contributed by atoms with Crippen molar-refractivity contribution in [3.63, 3.8) is 0 Å². The summed E-state index contributed by atoms with van der Waals surface area (Å²) < 4.78 is 31.4. The molecule has 1 N–H and O–H groups in total. The topological polar surface area (TPSA) is 21.3 Å². The van der Waals surface area contributed by atoms with E-state index in [1.54, 1.807) is 0 Å². The van der Waals surface area contributed by atoms with E-state index in [9.17, 15) is 8.78 Å². The predicted octanol–water partition coefficient (Wildman–Crippen LogP) is 2.87. The quantitative estimate of drug-likeness (QED) is 0.817. The van der Waals surface area contributed by atoms with Crippen LogP contribution < -0.4 is 5.32 Å². The number of hydrogen-bond acceptors (Lipinski definition) is 2. The van der Waals surface area contributed by atoms with Crippen molar-refractivity contribution in [3.8, 4) is 0 Å². The zero-order chi connectivity index (χ0) is 12.8. The molecule has 1 aromatic rings. The maximum atomic E-state index is 13.3. The standard InChI is InChI=1S/C14H19F2NO/c15-13-4-3-12(14(16)8-13)10-18-7-5-11-2-1-6-17-9-11/h3-4,8,11,17H,1-2,5-7,9-10H2. The Morgan fingerprint density at radius 2 is 2.22 bits per heavy atom. The highest BCUT2D eigenvalue weighted by molar-refractivity contribution is 5.17. The van der Waals surface area contributed by atoms with Crippen LogP contribution in [-0.2, 0) is 11.3 Å². The average Bonchev–Trinajstić information content (AvgIpc) is 2.38. The summed E-state index contributed by atoms with van der Waals surface area (Å²) in [5.74, 6) is -0.421. The Morgan fingerprint density at radius 3 is 2.94 bits per heavy atom. The SMILES string of the molecule is Fc1ccc(COCCC2CCCNC2)c(F)c1. The second-order valence-corrected chi connectivity index (χ2v) is 4.79. The summed E-state index contributed by atoms with van der Waals surface area (Å²) in [5.41, 5.74) is 0.415. The number of benzene rings is 1. The lowest BCUT2D eigenvalue weighted by molar-refractivity contribution is 0.101. The van der Waals surface area contributed by atoms with Crippen LogP contribution >= 0.6 is 0 Å². The largest absolute Gasteiger partial charge is 0.377 e. The van der Waals surface area contributed by atoms with Crippen molar-refractivity contribution in [2.24, 2.45) is 5.92 Å². The molecule has 1 heterocycles. The zero-order valence-corrected chi connectivity index (χ0v) is 10.4. The summed E-state index contributed by atoms with van der Waals surface area (Å²) in [6.07, 6.45) is 3.45. The van der Waals surface area contributed by atoms with Crippen molar-refractivity contribution < 1.29 is 13.5 Å². The van der Waals surface area contributed by atoms with Gasteiger partial charge in [0.25, 0.3) is 0 Å². The third-order valence-corrected chi connectivity index (χ3v) is 3.34. The van der Waals surface area contributed by atoms with E-state index >= 15 is 0 Å². The van der Waals surface area contributed by atoms with Crippen molar-refractivity contribution in [3.05, 3.63) is 35.4 Å². The highest BCUT2D eigenvalue weighted by atomic mass is 19.1. The first-order chi connectivity index (χ1) is 8.75. The van der Waals surface area contributed by atoms with Gasteiger partial charge in [-0.1, -0.05) is 6.07 Å². The molecular weight excluding hydrogens is 236 g/mol. The van der Waals surface area contributed by atoms with Gasteiger partial charge in [-0.3, -0.25) is 0 Å². The van der Waals surface area contributed by atoms with E-state index in [1.807, 2.05) is 0 Å². The van der Waals surface area contributed by atoms with Crippen LogP contribution in [0.2, 0.25) is 0 Å². The predicted molar refractivity (Wildman–Crippen MR) is 66.2 cm³/mol. The van der Waals surface area contributed by atoms with E-state index < -0.39 is 11.6 Å². The maximum absolute atomic E-state index is 13.3. The van der Waals surface area contributed by atoms with Gasteiger partial charge in [-0.2, -0.15) is 0 Å². The van der Waals surface area contributed by atoms with E-state index in [-0.39, 0.29) is 6.61 Å². The van der Waals surface area contributed by atoms with Crippen molar-refractivity contribution in [1.29, 1.82) is 0 Å². The Morgan fingerprint density at radius 1 is 1.33 bits per heavy atom. The van der Waals surface area contributed by atoms with Crippen molar-refractivity contribution in [1.82, 2.24) is 5.32 Å². The Balaban J connectivity index is 1.68. The molecule has 1 atom stereocenters. The molecule has 1 fully saturated rings.